The Morgan fingerprint density at radius 2 is 2.06 bits per heavy atom. The van der Waals surface area contributed by atoms with E-state index in [4.69, 9.17) is 0 Å². The summed E-state index contributed by atoms with van der Waals surface area (Å²) in [7, 11) is 0. The fourth-order valence-corrected chi connectivity index (χ4v) is 4.16. The Bertz CT molecular complexity index is 1350. The van der Waals surface area contributed by atoms with Gasteiger partial charge in [0, 0.05) is 23.7 Å². The third-order valence-electron chi connectivity index (χ3n) is 5.58. The van der Waals surface area contributed by atoms with E-state index in [1.807, 2.05) is 17.7 Å². The molecule has 0 radical (unpaired) electrons. The molecule has 13 heteroatoms. The van der Waals surface area contributed by atoms with Crippen LogP contribution in [0.4, 0.5) is 19.0 Å². The zero-order valence-electron chi connectivity index (χ0n) is 18.1. The van der Waals surface area contributed by atoms with Crippen molar-refractivity contribution < 1.29 is 18.0 Å². The van der Waals surface area contributed by atoms with Crippen molar-refractivity contribution >= 4 is 23.1 Å². The Kier molecular flexibility index (Phi) is 5.42. The van der Waals surface area contributed by atoms with Crippen LogP contribution in [0.25, 0.3) is 16.5 Å². The van der Waals surface area contributed by atoms with Crippen LogP contribution in [0.2, 0.25) is 0 Å². The van der Waals surface area contributed by atoms with Gasteiger partial charge in [0.15, 0.2) is 10.8 Å². The Labute approximate surface area is 195 Å². The largest absolute Gasteiger partial charge is 0.408 e. The van der Waals surface area contributed by atoms with Gasteiger partial charge in [0.05, 0.1) is 17.7 Å². The molecule has 4 aromatic heterocycles. The number of hydrogen-bond acceptors (Lipinski definition) is 7. The van der Waals surface area contributed by atoms with Gasteiger partial charge in [0.2, 0.25) is 0 Å². The highest BCUT2D eigenvalue weighted by atomic mass is 32.1. The Hall–Kier alpha value is -3.61. The molecule has 9 nitrogen and oxygen atoms in total. The average molecular weight is 488 g/mol. The molecule has 1 amide bonds. The SMILES string of the molecule is Cc1cnc(C(=O)Nc2csc(-c3nncn3C(C)C(F)(F)F)n2)cc1-n1cnc(C2CC2)c1. The highest BCUT2D eigenvalue weighted by Gasteiger charge is 2.39. The smallest absolute Gasteiger partial charge is 0.306 e. The monoisotopic (exact) mass is 488 g/mol. The zero-order valence-corrected chi connectivity index (χ0v) is 18.9. The van der Waals surface area contributed by atoms with Crippen molar-refractivity contribution in [2.75, 3.05) is 5.32 Å². The highest BCUT2D eigenvalue weighted by molar-refractivity contribution is 7.13. The van der Waals surface area contributed by atoms with E-state index in [1.54, 1.807) is 18.6 Å². The molecular weight excluding hydrogens is 469 g/mol. The van der Waals surface area contributed by atoms with Crippen LogP contribution in [0.15, 0.2) is 36.5 Å². The van der Waals surface area contributed by atoms with Crippen LogP contribution >= 0.6 is 11.3 Å². The van der Waals surface area contributed by atoms with E-state index in [0.717, 1.165) is 58.9 Å². The number of imidazole rings is 1. The molecule has 4 heterocycles. The van der Waals surface area contributed by atoms with E-state index < -0.39 is 18.1 Å². The molecule has 176 valence electrons. The molecule has 1 atom stereocenters. The van der Waals surface area contributed by atoms with Crippen molar-refractivity contribution in [2.24, 2.45) is 0 Å². The Morgan fingerprint density at radius 1 is 1.26 bits per heavy atom. The summed E-state index contributed by atoms with van der Waals surface area (Å²) >= 11 is 1.05. The third kappa shape index (κ3) is 4.30. The number of carbonyl (C=O) groups excluding carboxylic acids is 1. The summed E-state index contributed by atoms with van der Waals surface area (Å²) in [6, 6.07) is -0.156. The molecule has 0 saturated heterocycles. The van der Waals surface area contributed by atoms with Crippen LogP contribution in [0.1, 0.15) is 53.5 Å². The van der Waals surface area contributed by atoms with Crippen LogP contribution in [0.3, 0.4) is 0 Å². The first kappa shape index (κ1) is 22.2. The minimum absolute atomic E-state index is 0.0300. The van der Waals surface area contributed by atoms with Gasteiger partial charge >= 0.3 is 6.18 Å². The summed E-state index contributed by atoms with van der Waals surface area (Å²) in [5, 5.41) is 11.7. The van der Waals surface area contributed by atoms with Crippen molar-refractivity contribution in [3.63, 3.8) is 0 Å². The minimum Gasteiger partial charge on any atom is -0.306 e. The van der Waals surface area contributed by atoms with Gasteiger partial charge in [-0.05, 0) is 38.3 Å². The van der Waals surface area contributed by atoms with Crippen molar-refractivity contribution in [3.8, 4) is 16.5 Å². The van der Waals surface area contributed by atoms with Gasteiger partial charge in [0.1, 0.15) is 23.9 Å². The first-order chi connectivity index (χ1) is 16.2. The number of carbonyl (C=O) groups is 1. The standard InChI is InChI=1S/C21H19F3N8OS/c1-11-6-25-14(5-16(11)31-7-15(26-9-31)13-3-4-13)19(33)28-17-8-34-20(29-17)18-30-27-10-32(18)12(2)21(22,23)24/h5-10,12-13H,3-4H2,1-2H3,(H,28,33). The van der Waals surface area contributed by atoms with Crippen LogP contribution in [0, 0.1) is 6.92 Å². The van der Waals surface area contributed by atoms with E-state index >= 15 is 0 Å². The molecule has 1 aliphatic carbocycles. The first-order valence-electron chi connectivity index (χ1n) is 10.4. The van der Waals surface area contributed by atoms with Crippen molar-refractivity contribution in [1.29, 1.82) is 0 Å². The predicted molar refractivity (Wildman–Crippen MR) is 118 cm³/mol. The normalized spacial score (nSPS) is 14.9. The fourth-order valence-electron chi connectivity index (χ4n) is 3.43. The summed E-state index contributed by atoms with van der Waals surface area (Å²) in [6.45, 7) is 2.91. The second kappa shape index (κ2) is 8.31. The molecule has 34 heavy (non-hydrogen) atoms. The van der Waals surface area contributed by atoms with Gasteiger partial charge < -0.3 is 9.88 Å². The van der Waals surface area contributed by atoms with Gasteiger partial charge in [0.25, 0.3) is 5.91 Å². The molecule has 5 rings (SSSR count). The van der Waals surface area contributed by atoms with Crippen molar-refractivity contribution in [2.45, 2.75) is 44.8 Å². The lowest BCUT2D eigenvalue weighted by molar-refractivity contribution is -0.162. The van der Waals surface area contributed by atoms with Gasteiger partial charge in [-0.15, -0.1) is 21.5 Å². The number of halogens is 3. The first-order valence-corrected chi connectivity index (χ1v) is 11.3. The molecule has 1 unspecified atom stereocenters. The maximum Gasteiger partial charge on any atom is 0.408 e. The van der Waals surface area contributed by atoms with Crippen LogP contribution in [-0.4, -0.2) is 46.4 Å². The maximum absolute atomic E-state index is 13.1. The minimum atomic E-state index is -4.46. The molecule has 4 aromatic rings. The number of nitrogens with one attached hydrogen (secondary N) is 1. The van der Waals surface area contributed by atoms with Gasteiger partial charge in [-0.1, -0.05) is 0 Å². The Morgan fingerprint density at radius 3 is 2.79 bits per heavy atom. The number of rotatable bonds is 6. The van der Waals surface area contributed by atoms with E-state index in [9.17, 15) is 18.0 Å². The molecule has 0 bridgehead atoms. The van der Waals surface area contributed by atoms with Gasteiger partial charge in [-0.25, -0.2) is 9.97 Å². The topological polar surface area (TPSA) is 103 Å². The van der Waals surface area contributed by atoms with Crippen molar-refractivity contribution in [1.82, 2.24) is 34.3 Å². The number of nitrogens with zero attached hydrogens (tertiary/aromatic N) is 7. The molecule has 1 saturated carbocycles. The summed E-state index contributed by atoms with van der Waals surface area (Å²) in [5.74, 6) is 0.167. The molecule has 0 aliphatic heterocycles. The van der Waals surface area contributed by atoms with Crippen molar-refractivity contribution in [3.05, 3.63) is 53.4 Å². The second-order valence-corrected chi connectivity index (χ2v) is 8.97. The van der Waals surface area contributed by atoms with Crippen LogP contribution in [-0.2, 0) is 0 Å². The number of anilines is 1. The third-order valence-corrected chi connectivity index (χ3v) is 6.42. The molecule has 1 fully saturated rings. The number of pyridine rings is 1. The number of thiazole rings is 1. The quantitative estimate of drug-likeness (QED) is 0.427. The van der Waals surface area contributed by atoms with E-state index in [0.29, 0.717) is 5.92 Å². The lowest BCUT2D eigenvalue weighted by Crippen LogP contribution is -2.23. The number of amides is 1. The molecule has 1 N–H and O–H groups in total. The molecule has 0 aromatic carbocycles. The van der Waals surface area contributed by atoms with E-state index in [2.05, 4.69) is 30.5 Å². The second-order valence-electron chi connectivity index (χ2n) is 8.11. The number of alkyl halides is 3. The summed E-state index contributed by atoms with van der Waals surface area (Å²) < 4.78 is 42.2. The van der Waals surface area contributed by atoms with Gasteiger partial charge in [-0.2, -0.15) is 13.2 Å². The fraction of sp³-hybridized carbons (Fsp3) is 0.333. The van der Waals surface area contributed by atoms with Crippen LogP contribution in [0.5, 0.6) is 0 Å². The van der Waals surface area contributed by atoms with Gasteiger partial charge in [-0.3, -0.25) is 14.3 Å². The molecular formula is C21H19F3N8OS. The summed E-state index contributed by atoms with van der Waals surface area (Å²) in [5.41, 5.74) is 2.87. The highest BCUT2D eigenvalue weighted by Crippen LogP contribution is 2.39. The predicted octanol–water partition coefficient (Wildman–Crippen LogP) is 4.54. The number of aryl methyl sites for hydroxylation is 1. The number of aromatic nitrogens is 7. The Balaban J connectivity index is 1.35. The van der Waals surface area contributed by atoms with E-state index in [1.165, 1.54) is 5.38 Å². The number of hydrogen-bond donors (Lipinski definition) is 1. The summed E-state index contributed by atoms with van der Waals surface area (Å²) in [6.07, 6.45) is 4.12. The zero-order chi connectivity index (χ0) is 24.0. The maximum atomic E-state index is 13.1. The summed E-state index contributed by atoms with van der Waals surface area (Å²) in [4.78, 5) is 25.7. The molecule has 0 spiro atoms. The lowest BCUT2D eigenvalue weighted by Gasteiger charge is -2.17. The lowest BCUT2D eigenvalue weighted by atomic mass is 10.2. The van der Waals surface area contributed by atoms with Crippen LogP contribution < -0.4 is 5.32 Å². The molecule has 1 aliphatic rings. The average Bonchev–Trinajstić information content (AvgIpc) is 3.18. The van der Waals surface area contributed by atoms with E-state index in [-0.39, 0.29) is 22.3 Å².